The molecule has 3 N–H and O–H groups in total. The fraction of sp³-hybridized carbons (Fsp3) is 0.400. The quantitative estimate of drug-likeness (QED) is 0.468. The first-order valence-electron chi connectivity index (χ1n) is 4.81. The van der Waals surface area contributed by atoms with Gasteiger partial charge in [-0.05, 0) is 19.1 Å². The van der Waals surface area contributed by atoms with Crippen molar-refractivity contribution < 1.29 is 5.21 Å². The number of rotatable bonds is 6. The van der Waals surface area contributed by atoms with Gasteiger partial charge in [-0.2, -0.15) is 0 Å². The van der Waals surface area contributed by atoms with E-state index in [2.05, 4.69) is 17.8 Å². The van der Waals surface area contributed by atoms with E-state index in [-0.39, 0.29) is 0 Å². The number of hydrogen-bond donors (Lipinski definition) is 3. The fourth-order valence-electron chi connectivity index (χ4n) is 1.24. The van der Waals surface area contributed by atoms with Crippen LogP contribution in [0, 0.1) is 0 Å². The fourth-order valence-corrected chi connectivity index (χ4v) is 1.24. The van der Waals surface area contributed by atoms with Crippen molar-refractivity contribution in [1.82, 2.24) is 10.9 Å². The van der Waals surface area contributed by atoms with Crippen molar-refractivity contribution in [2.45, 2.75) is 6.92 Å². The summed E-state index contributed by atoms with van der Waals surface area (Å²) in [7, 11) is 0. The van der Waals surface area contributed by atoms with Crippen LogP contribution in [-0.4, -0.2) is 24.8 Å². The molecule has 0 spiro atoms. The first-order valence-corrected chi connectivity index (χ1v) is 4.81. The van der Waals surface area contributed by atoms with Crippen LogP contribution in [0.25, 0.3) is 0 Å². The summed E-state index contributed by atoms with van der Waals surface area (Å²) in [6.45, 7) is 4.18. The minimum atomic E-state index is 0.531. The molecule has 0 aliphatic heterocycles. The van der Waals surface area contributed by atoms with E-state index in [0.29, 0.717) is 13.1 Å². The van der Waals surface area contributed by atoms with Gasteiger partial charge in [0.15, 0.2) is 0 Å². The second-order valence-electron chi connectivity index (χ2n) is 2.90. The van der Waals surface area contributed by atoms with Gasteiger partial charge in [0, 0.05) is 19.6 Å². The molecule has 0 heterocycles. The molecule has 0 amide bonds. The number of nitrogens with zero attached hydrogens (tertiary/aromatic N) is 1. The van der Waals surface area contributed by atoms with Gasteiger partial charge in [0.05, 0.1) is 5.69 Å². The maximum Gasteiger partial charge on any atom is 0.0519 e. The normalized spacial score (nSPS) is 10.1. The molecule has 78 valence electrons. The Labute approximate surface area is 84.5 Å². The molecule has 0 aliphatic carbocycles. The number of hydroxylamine groups is 1. The van der Waals surface area contributed by atoms with Gasteiger partial charge in [0.1, 0.15) is 0 Å². The molecule has 1 aromatic carbocycles. The van der Waals surface area contributed by atoms with Gasteiger partial charge in [0.25, 0.3) is 0 Å². The highest BCUT2D eigenvalue weighted by atomic mass is 16.5. The lowest BCUT2D eigenvalue weighted by Crippen LogP contribution is -2.41. The van der Waals surface area contributed by atoms with Crippen molar-refractivity contribution in [2.75, 3.05) is 24.6 Å². The summed E-state index contributed by atoms with van der Waals surface area (Å²) >= 11 is 0. The zero-order chi connectivity index (χ0) is 10.2. The van der Waals surface area contributed by atoms with Gasteiger partial charge in [-0.15, -0.1) is 0 Å². The first-order chi connectivity index (χ1) is 6.88. The summed E-state index contributed by atoms with van der Waals surface area (Å²) in [5.74, 6) is 0. The Morgan fingerprint density at radius 3 is 2.50 bits per heavy atom. The van der Waals surface area contributed by atoms with Gasteiger partial charge in [0.2, 0.25) is 0 Å². The Hall–Kier alpha value is -1.10. The van der Waals surface area contributed by atoms with Crippen LogP contribution in [0.4, 0.5) is 5.69 Å². The molecule has 0 atom stereocenters. The van der Waals surface area contributed by atoms with Crippen LogP contribution in [0.2, 0.25) is 0 Å². The van der Waals surface area contributed by atoms with Crippen LogP contribution in [0.5, 0.6) is 0 Å². The molecule has 0 radical (unpaired) electrons. The Bertz CT molecular complexity index is 240. The van der Waals surface area contributed by atoms with Gasteiger partial charge >= 0.3 is 0 Å². The van der Waals surface area contributed by atoms with Gasteiger partial charge in [-0.3, -0.25) is 0 Å². The maximum absolute atomic E-state index is 8.41. The van der Waals surface area contributed by atoms with E-state index in [4.69, 9.17) is 5.21 Å². The standard InChI is InChI=1S/C10H17N3O/c1-2-13(11-8-9-12-14)10-6-4-3-5-7-10/h3-7,11-12,14H,2,8-9H2,1H3. The average Bonchev–Trinajstić information content (AvgIpc) is 2.26. The molecule has 1 aromatic rings. The van der Waals surface area contributed by atoms with E-state index in [9.17, 15) is 0 Å². The van der Waals surface area contributed by atoms with Gasteiger partial charge < -0.3 is 10.2 Å². The molecule has 4 nitrogen and oxygen atoms in total. The average molecular weight is 195 g/mol. The summed E-state index contributed by atoms with van der Waals surface area (Å²) in [6.07, 6.45) is 0. The van der Waals surface area contributed by atoms with Crippen LogP contribution in [0.15, 0.2) is 30.3 Å². The third kappa shape index (κ3) is 3.33. The molecular formula is C10H17N3O. The molecule has 0 unspecified atom stereocenters. The van der Waals surface area contributed by atoms with Gasteiger partial charge in [-0.1, -0.05) is 18.2 Å². The third-order valence-corrected chi connectivity index (χ3v) is 1.92. The number of benzene rings is 1. The highest BCUT2D eigenvalue weighted by molar-refractivity contribution is 5.44. The summed E-state index contributed by atoms with van der Waals surface area (Å²) in [5.41, 5.74) is 6.44. The van der Waals surface area contributed by atoms with E-state index in [1.54, 1.807) is 0 Å². The summed E-state index contributed by atoms with van der Waals surface area (Å²) in [4.78, 5) is 0. The van der Waals surface area contributed by atoms with Crippen molar-refractivity contribution >= 4 is 5.69 Å². The lowest BCUT2D eigenvalue weighted by atomic mass is 10.3. The topological polar surface area (TPSA) is 47.5 Å². The van der Waals surface area contributed by atoms with Crippen molar-refractivity contribution in [3.05, 3.63) is 30.3 Å². The van der Waals surface area contributed by atoms with Crippen molar-refractivity contribution in [3.8, 4) is 0 Å². The second kappa shape index (κ2) is 6.37. The van der Waals surface area contributed by atoms with Crippen LogP contribution in [0.3, 0.4) is 0 Å². The number of nitrogens with one attached hydrogen (secondary N) is 2. The molecule has 0 bridgehead atoms. The Kier molecular flexibility index (Phi) is 4.99. The molecule has 0 saturated heterocycles. The van der Waals surface area contributed by atoms with Crippen LogP contribution in [0.1, 0.15) is 6.92 Å². The predicted octanol–water partition coefficient (Wildman–Crippen LogP) is 0.996. The zero-order valence-electron chi connectivity index (χ0n) is 8.40. The largest absolute Gasteiger partial charge is 0.317 e. The lowest BCUT2D eigenvalue weighted by molar-refractivity contribution is 0.167. The molecule has 0 saturated carbocycles. The van der Waals surface area contributed by atoms with Crippen molar-refractivity contribution in [3.63, 3.8) is 0 Å². The lowest BCUT2D eigenvalue weighted by Gasteiger charge is -2.23. The summed E-state index contributed by atoms with van der Waals surface area (Å²) < 4.78 is 0. The van der Waals surface area contributed by atoms with Crippen LogP contribution < -0.4 is 15.9 Å². The Balaban J connectivity index is 2.46. The highest BCUT2D eigenvalue weighted by Crippen LogP contribution is 2.09. The molecule has 0 aromatic heterocycles. The SMILES string of the molecule is CCN(NCCNO)c1ccccc1. The van der Waals surface area contributed by atoms with Crippen LogP contribution >= 0.6 is 0 Å². The molecular weight excluding hydrogens is 178 g/mol. The van der Waals surface area contributed by atoms with E-state index in [1.807, 2.05) is 35.3 Å². The van der Waals surface area contributed by atoms with E-state index < -0.39 is 0 Å². The monoisotopic (exact) mass is 195 g/mol. The third-order valence-electron chi connectivity index (χ3n) is 1.92. The Morgan fingerprint density at radius 1 is 1.21 bits per heavy atom. The summed E-state index contributed by atoms with van der Waals surface area (Å²) in [5, 5.41) is 10.5. The number of hydrogen-bond acceptors (Lipinski definition) is 4. The number of anilines is 1. The van der Waals surface area contributed by atoms with Crippen molar-refractivity contribution in [1.29, 1.82) is 0 Å². The molecule has 4 heteroatoms. The summed E-state index contributed by atoms with van der Waals surface area (Å²) in [6, 6.07) is 10.1. The van der Waals surface area contributed by atoms with E-state index >= 15 is 0 Å². The molecule has 0 fully saturated rings. The maximum atomic E-state index is 8.41. The minimum Gasteiger partial charge on any atom is -0.317 e. The van der Waals surface area contributed by atoms with E-state index in [0.717, 1.165) is 12.2 Å². The predicted molar refractivity (Wildman–Crippen MR) is 57.3 cm³/mol. The second-order valence-corrected chi connectivity index (χ2v) is 2.90. The van der Waals surface area contributed by atoms with Crippen molar-refractivity contribution in [2.24, 2.45) is 0 Å². The number of hydrazine groups is 1. The smallest absolute Gasteiger partial charge is 0.0519 e. The van der Waals surface area contributed by atoms with Gasteiger partial charge in [-0.25, -0.2) is 10.9 Å². The molecule has 1 rings (SSSR count). The number of para-hydroxylation sites is 1. The highest BCUT2D eigenvalue weighted by Gasteiger charge is 2.00. The molecule has 14 heavy (non-hydrogen) atoms. The van der Waals surface area contributed by atoms with E-state index in [1.165, 1.54) is 0 Å². The minimum absolute atomic E-state index is 0.531. The Morgan fingerprint density at radius 2 is 1.93 bits per heavy atom. The zero-order valence-corrected chi connectivity index (χ0v) is 8.40. The first kappa shape index (κ1) is 11.0. The molecule has 0 aliphatic rings. The van der Waals surface area contributed by atoms with Crippen LogP contribution in [-0.2, 0) is 0 Å².